The number of carbonyl (C=O) groups is 1. The van der Waals surface area contributed by atoms with Gasteiger partial charge in [-0.25, -0.2) is 4.98 Å². The van der Waals surface area contributed by atoms with Gasteiger partial charge in [-0.2, -0.15) is 0 Å². The van der Waals surface area contributed by atoms with Crippen molar-refractivity contribution in [3.63, 3.8) is 0 Å². The number of carbonyl (C=O) groups excluding carboxylic acids is 1. The summed E-state index contributed by atoms with van der Waals surface area (Å²) in [7, 11) is 0. The Hall–Kier alpha value is -1.38. The first-order chi connectivity index (χ1) is 8.88. The van der Waals surface area contributed by atoms with Crippen LogP contribution in [-0.4, -0.2) is 23.9 Å². The zero-order chi connectivity index (χ0) is 14.0. The molecule has 3 heteroatoms. The first kappa shape index (κ1) is 14.0. The number of Topliss-reactive ketones (excluding diaryl/α,β-unsaturated/α-hetero) is 1. The summed E-state index contributed by atoms with van der Waals surface area (Å²) in [6.07, 6.45) is 3.89. The molecule has 19 heavy (non-hydrogen) atoms. The largest absolute Gasteiger partial charge is 0.357 e. The SMILES string of the molecule is CC(=O)C1CCN(c2ccc(C(C)(C)C)cn2)CC1. The topological polar surface area (TPSA) is 33.2 Å². The van der Waals surface area contributed by atoms with E-state index in [2.05, 4.69) is 42.8 Å². The smallest absolute Gasteiger partial charge is 0.133 e. The lowest BCUT2D eigenvalue weighted by molar-refractivity contribution is -0.121. The highest BCUT2D eigenvalue weighted by molar-refractivity contribution is 5.78. The van der Waals surface area contributed by atoms with Gasteiger partial charge in [0, 0.05) is 25.2 Å². The number of piperidine rings is 1. The third kappa shape index (κ3) is 3.34. The molecule has 1 aromatic heterocycles. The van der Waals surface area contributed by atoms with Crippen molar-refractivity contribution in [2.75, 3.05) is 18.0 Å². The van der Waals surface area contributed by atoms with E-state index in [1.165, 1.54) is 5.56 Å². The van der Waals surface area contributed by atoms with Crippen LogP contribution in [0, 0.1) is 5.92 Å². The Morgan fingerprint density at radius 1 is 1.26 bits per heavy atom. The van der Waals surface area contributed by atoms with E-state index in [0.717, 1.165) is 31.7 Å². The maximum absolute atomic E-state index is 11.4. The average molecular weight is 260 g/mol. The molecule has 1 aliphatic heterocycles. The molecule has 0 aromatic carbocycles. The molecule has 0 bridgehead atoms. The van der Waals surface area contributed by atoms with Crippen LogP contribution in [-0.2, 0) is 10.2 Å². The van der Waals surface area contributed by atoms with Crippen molar-refractivity contribution < 1.29 is 4.79 Å². The predicted octanol–water partition coefficient (Wildman–Crippen LogP) is 3.18. The van der Waals surface area contributed by atoms with Crippen molar-refractivity contribution in [2.45, 2.75) is 46.0 Å². The van der Waals surface area contributed by atoms with Crippen LogP contribution in [0.15, 0.2) is 18.3 Å². The minimum atomic E-state index is 0.146. The van der Waals surface area contributed by atoms with Gasteiger partial charge in [-0.15, -0.1) is 0 Å². The Labute approximate surface area is 116 Å². The summed E-state index contributed by atoms with van der Waals surface area (Å²) in [5, 5.41) is 0. The van der Waals surface area contributed by atoms with E-state index in [-0.39, 0.29) is 11.3 Å². The van der Waals surface area contributed by atoms with Crippen molar-refractivity contribution in [2.24, 2.45) is 5.92 Å². The van der Waals surface area contributed by atoms with Gasteiger partial charge in [-0.3, -0.25) is 4.79 Å². The normalized spacial score (nSPS) is 17.6. The molecule has 0 radical (unpaired) electrons. The van der Waals surface area contributed by atoms with Crippen molar-refractivity contribution in [3.05, 3.63) is 23.9 Å². The lowest BCUT2D eigenvalue weighted by atomic mass is 9.88. The Kier molecular flexibility index (Phi) is 3.93. The van der Waals surface area contributed by atoms with Crippen LogP contribution < -0.4 is 4.90 Å². The van der Waals surface area contributed by atoms with E-state index in [9.17, 15) is 4.79 Å². The third-order valence-electron chi connectivity index (χ3n) is 4.01. The lowest BCUT2D eigenvalue weighted by Gasteiger charge is -2.32. The Balaban J connectivity index is 2.02. The van der Waals surface area contributed by atoms with Gasteiger partial charge < -0.3 is 4.90 Å². The Morgan fingerprint density at radius 3 is 2.32 bits per heavy atom. The van der Waals surface area contributed by atoms with E-state index in [0.29, 0.717) is 5.78 Å². The molecule has 2 heterocycles. The van der Waals surface area contributed by atoms with Crippen molar-refractivity contribution in [3.8, 4) is 0 Å². The summed E-state index contributed by atoms with van der Waals surface area (Å²) in [6, 6.07) is 4.27. The highest BCUT2D eigenvalue weighted by atomic mass is 16.1. The summed E-state index contributed by atoms with van der Waals surface area (Å²) in [6.45, 7) is 10.2. The summed E-state index contributed by atoms with van der Waals surface area (Å²) in [5.74, 6) is 1.62. The molecule has 0 spiro atoms. The number of anilines is 1. The fraction of sp³-hybridized carbons (Fsp3) is 0.625. The lowest BCUT2D eigenvalue weighted by Crippen LogP contribution is -2.36. The number of hydrogen-bond acceptors (Lipinski definition) is 3. The second kappa shape index (κ2) is 5.32. The van der Waals surface area contributed by atoms with Crippen LogP contribution in [0.1, 0.15) is 46.1 Å². The van der Waals surface area contributed by atoms with Crippen LogP contribution in [0.2, 0.25) is 0 Å². The van der Waals surface area contributed by atoms with E-state index in [1.54, 1.807) is 6.92 Å². The highest BCUT2D eigenvalue weighted by Gasteiger charge is 2.23. The molecule has 2 rings (SSSR count). The molecule has 0 aliphatic carbocycles. The molecular weight excluding hydrogens is 236 g/mol. The fourth-order valence-corrected chi connectivity index (χ4v) is 2.53. The molecule has 0 amide bonds. The van der Waals surface area contributed by atoms with Gasteiger partial charge in [0.1, 0.15) is 11.6 Å². The third-order valence-corrected chi connectivity index (χ3v) is 4.01. The summed E-state index contributed by atoms with van der Waals surface area (Å²) < 4.78 is 0. The number of nitrogens with zero attached hydrogens (tertiary/aromatic N) is 2. The quantitative estimate of drug-likeness (QED) is 0.819. The number of ketones is 1. The molecule has 1 aliphatic rings. The van der Waals surface area contributed by atoms with Gasteiger partial charge >= 0.3 is 0 Å². The first-order valence-electron chi connectivity index (χ1n) is 7.10. The molecule has 0 unspecified atom stereocenters. The molecule has 0 saturated carbocycles. The standard InChI is InChI=1S/C16H24N2O/c1-12(19)13-7-9-18(10-8-13)15-6-5-14(11-17-15)16(2,3)4/h5-6,11,13H,7-10H2,1-4H3. The second-order valence-electron chi connectivity index (χ2n) is 6.53. The minimum absolute atomic E-state index is 0.146. The van der Waals surface area contributed by atoms with E-state index < -0.39 is 0 Å². The molecule has 104 valence electrons. The highest BCUT2D eigenvalue weighted by Crippen LogP contribution is 2.25. The number of rotatable bonds is 2. The van der Waals surface area contributed by atoms with Gasteiger partial charge in [-0.1, -0.05) is 26.8 Å². The fourth-order valence-electron chi connectivity index (χ4n) is 2.53. The van der Waals surface area contributed by atoms with Crippen LogP contribution in [0.4, 0.5) is 5.82 Å². The average Bonchev–Trinajstić information content (AvgIpc) is 2.38. The van der Waals surface area contributed by atoms with E-state index >= 15 is 0 Å². The molecule has 0 N–H and O–H groups in total. The van der Waals surface area contributed by atoms with Gasteiger partial charge in [-0.05, 0) is 36.8 Å². The molecular formula is C16H24N2O. The van der Waals surface area contributed by atoms with Crippen LogP contribution >= 0.6 is 0 Å². The molecule has 0 atom stereocenters. The number of aromatic nitrogens is 1. The van der Waals surface area contributed by atoms with E-state index in [4.69, 9.17) is 0 Å². The van der Waals surface area contributed by atoms with E-state index in [1.807, 2.05) is 6.20 Å². The maximum atomic E-state index is 11.4. The van der Waals surface area contributed by atoms with Crippen LogP contribution in [0.3, 0.4) is 0 Å². The minimum Gasteiger partial charge on any atom is -0.357 e. The first-order valence-corrected chi connectivity index (χ1v) is 7.10. The second-order valence-corrected chi connectivity index (χ2v) is 6.53. The monoisotopic (exact) mass is 260 g/mol. The molecule has 1 fully saturated rings. The summed E-state index contributed by atoms with van der Waals surface area (Å²) in [5.41, 5.74) is 1.41. The van der Waals surface area contributed by atoms with Gasteiger partial charge in [0.05, 0.1) is 0 Å². The van der Waals surface area contributed by atoms with Crippen molar-refractivity contribution in [1.29, 1.82) is 0 Å². The summed E-state index contributed by atoms with van der Waals surface area (Å²) in [4.78, 5) is 18.2. The zero-order valence-corrected chi connectivity index (χ0v) is 12.4. The van der Waals surface area contributed by atoms with Gasteiger partial charge in [0.15, 0.2) is 0 Å². The zero-order valence-electron chi connectivity index (χ0n) is 12.4. The number of hydrogen-bond donors (Lipinski definition) is 0. The van der Waals surface area contributed by atoms with Gasteiger partial charge in [0.2, 0.25) is 0 Å². The molecule has 3 nitrogen and oxygen atoms in total. The molecule has 1 saturated heterocycles. The van der Waals surface area contributed by atoms with Crippen molar-refractivity contribution in [1.82, 2.24) is 4.98 Å². The van der Waals surface area contributed by atoms with Gasteiger partial charge in [0.25, 0.3) is 0 Å². The van der Waals surface area contributed by atoms with Crippen LogP contribution in [0.25, 0.3) is 0 Å². The predicted molar refractivity (Wildman–Crippen MR) is 78.6 cm³/mol. The summed E-state index contributed by atoms with van der Waals surface area (Å²) >= 11 is 0. The van der Waals surface area contributed by atoms with Crippen molar-refractivity contribution >= 4 is 11.6 Å². The van der Waals surface area contributed by atoms with Crippen LogP contribution in [0.5, 0.6) is 0 Å². The maximum Gasteiger partial charge on any atom is 0.133 e. The number of pyridine rings is 1. The molecule has 1 aromatic rings. The Morgan fingerprint density at radius 2 is 1.89 bits per heavy atom. The Bertz CT molecular complexity index is 437.